The highest BCUT2D eigenvalue weighted by Gasteiger charge is 2.07. The van der Waals surface area contributed by atoms with E-state index in [1.807, 2.05) is 13.8 Å². The number of nitrogens with zero attached hydrogens (tertiary/aromatic N) is 1. The molecule has 0 spiro atoms. The summed E-state index contributed by atoms with van der Waals surface area (Å²) in [4.78, 5) is 11.0. The molecule has 2 N–H and O–H groups in total. The molecule has 0 saturated carbocycles. The van der Waals surface area contributed by atoms with Crippen LogP contribution in [-0.2, 0) is 4.79 Å². The van der Waals surface area contributed by atoms with Gasteiger partial charge in [0.15, 0.2) is 11.5 Å². The average Bonchev–Trinajstić information content (AvgIpc) is 2.39. The molecule has 0 radical (unpaired) electrons. The average molecular weight is 260 g/mol. The van der Waals surface area contributed by atoms with Crippen LogP contribution in [-0.4, -0.2) is 19.1 Å². The third-order valence-corrected chi connectivity index (χ3v) is 2.26. The lowest BCUT2D eigenvalue weighted by Crippen LogP contribution is -2.12. The number of primary amides is 1. The summed E-state index contributed by atoms with van der Waals surface area (Å²) in [7, 11) is 0. The van der Waals surface area contributed by atoms with Crippen LogP contribution in [0.25, 0.3) is 6.08 Å². The predicted octanol–water partition coefficient (Wildman–Crippen LogP) is 1.88. The number of rotatable bonds is 6. The number of carbonyl (C=O) groups excluding carboxylic acids is 1. The molecule has 0 fully saturated rings. The summed E-state index contributed by atoms with van der Waals surface area (Å²) in [5, 5.41) is 8.79. The number of carbonyl (C=O) groups is 1. The molecular formula is C14H16N2O3. The van der Waals surface area contributed by atoms with Gasteiger partial charge in [-0.05, 0) is 37.6 Å². The van der Waals surface area contributed by atoms with Crippen LogP contribution in [0.5, 0.6) is 11.5 Å². The van der Waals surface area contributed by atoms with Crippen molar-refractivity contribution in [1.29, 1.82) is 5.26 Å². The second kappa shape index (κ2) is 7.07. The molecule has 0 heterocycles. The molecule has 5 nitrogen and oxygen atoms in total. The molecule has 0 unspecified atom stereocenters. The van der Waals surface area contributed by atoms with Crippen LogP contribution < -0.4 is 15.2 Å². The highest BCUT2D eigenvalue weighted by Crippen LogP contribution is 2.29. The minimum atomic E-state index is -0.755. The van der Waals surface area contributed by atoms with E-state index in [0.717, 1.165) is 0 Å². The summed E-state index contributed by atoms with van der Waals surface area (Å²) < 4.78 is 10.9. The van der Waals surface area contributed by atoms with Crippen molar-refractivity contribution in [3.63, 3.8) is 0 Å². The first-order valence-electron chi connectivity index (χ1n) is 5.93. The zero-order valence-corrected chi connectivity index (χ0v) is 11.0. The van der Waals surface area contributed by atoms with Crippen molar-refractivity contribution in [1.82, 2.24) is 0 Å². The summed E-state index contributed by atoms with van der Waals surface area (Å²) in [6.45, 7) is 4.76. The van der Waals surface area contributed by atoms with Crippen LogP contribution >= 0.6 is 0 Å². The van der Waals surface area contributed by atoms with E-state index in [4.69, 9.17) is 20.5 Å². The number of hydrogen-bond acceptors (Lipinski definition) is 4. The number of ether oxygens (including phenoxy) is 2. The van der Waals surface area contributed by atoms with E-state index in [0.29, 0.717) is 30.3 Å². The molecule has 100 valence electrons. The van der Waals surface area contributed by atoms with Crippen LogP contribution in [0.1, 0.15) is 19.4 Å². The van der Waals surface area contributed by atoms with Gasteiger partial charge in [0, 0.05) is 0 Å². The van der Waals surface area contributed by atoms with Crippen LogP contribution in [0.4, 0.5) is 0 Å². The third-order valence-electron chi connectivity index (χ3n) is 2.26. The smallest absolute Gasteiger partial charge is 0.259 e. The second-order valence-corrected chi connectivity index (χ2v) is 3.61. The molecule has 1 amide bonds. The lowest BCUT2D eigenvalue weighted by atomic mass is 10.1. The van der Waals surface area contributed by atoms with Gasteiger partial charge in [-0.15, -0.1) is 0 Å². The molecule has 1 aromatic carbocycles. The normalized spacial score (nSPS) is 10.7. The molecule has 5 heteroatoms. The van der Waals surface area contributed by atoms with Crippen molar-refractivity contribution >= 4 is 12.0 Å². The third kappa shape index (κ3) is 4.03. The molecule has 0 aliphatic heterocycles. The van der Waals surface area contributed by atoms with Gasteiger partial charge >= 0.3 is 0 Å². The fourth-order valence-electron chi connectivity index (χ4n) is 1.48. The molecule has 0 aliphatic rings. The van der Waals surface area contributed by atoms with Crippen LogP contribution in [0, 0.1) is 11.3 Å². The molecular weight excluding hydrogens is 244 g/mol. The largest absolute Gasteiger partial charge is 0.490 e. The van der Waals surface area contributed by atoms with E-state index >= 15 is 0 Å². The zero-order chi connectivity index (χ0) is 14.3. The quantitative estimate of drug-likeness (QED) is 0.625. The lowest BCUT2D eigenvalue weighted by molar-refractivity contribution is -0.114. The monoisotopic (exact) mass is 260 g/mol. The van der Waals surface area contributed by atoms with E-state index in [9.17, 15) is 4.79 Å². The maximum atomic E-state index is 11.0. The van der Waals surface area contributed by atoms with E-state index in [-0.39, 0.29) is 5.57 Å². The first kappa shape index (κ1) is 14.6. The Kier molecular flexibility index (Phi) is 5.42. The maximum Gasteiger partial charge on any atom is 0.259 e. The van der Waals surface area contributed by atoms with Crippen molar-refractivity contribution < 1.29 is 14.3 Å². The Balaban J connectivity index is 3.14. The van der Waals surface area contributed by atoms with Gasteiger partial charge in [-0.3, -0.25) is 4.79 Å². The Morgan fingerprint density at radius 2 is 1.95 bits per heavy atom. The minimum absolute atomic E-state index is 0.105. The van der Waals surface area contributed by atoms with Gasteiger partial charge in [-0.25, -0.2) is 0 Å². The second-order valence-electron chi connectivity index (χ2n) is 3.61. The van der Waals surface area contributed by atoms with Crippen LogP contribution in [0.15, 0.2) is 23.8 Å². The highest BCUT2D eigenvalue weighted by atomic mass is 16.5. The van der Waals surface area contributed by atoms with E-state index in [2.05, 4.69) is 0 Å². The first-order valence-corrected chi connectivity index (χ1v) is 5.93. The Morgan fingerprint density at radius 1 is 1.32 bits per heavy atom. The molecule has 1 rings (SSSR count). The number of hydrogen-bond donors (Lipinski definition) is 1. The Labute approximate surface area is 112 Å². The van der Waals surface area contributed by atoms with Gasteiger partial charge in [0.05, 0.1) is 13.2 Å². The maximum absolute atomic E-state index is 11.0. The van der Waals surface area contributed by atoms with Gasteiger partial charge in [0.25, 0.3) is 5.91 Å². The van der Waals surface area contributed by atoms with Gasteiger partial charge < -0.3 is 15.2 Å². The molecule has 0 atom stereocenters. The van der Waals surface area contributed by atoms with E-state index < -0.39 is 5.91 Å². The summed E-state index contributed by atoms with van der Waals surface area (Å²) in [6.07, 6.45) is 1.42. The summed E-state index contributed by atoms with van der Waals surface area (Å²) in [5.41, 5.74) is 5.63. The van der Waals surface area contributed by atoms with Gasteiger partial charge in [-0.2, -0.15) is 5.26 Å². The van der Waals surface area contributed by atoms with Crippen molar-refractivity contribution in [2.45, 2.75) is 13.8 Å². The molecule has 0 aliphatic carbocycles. The van der Waals surface area contributed by atoms with Crippen molar-refractivity contribution in [3.8, 4) is 17.6 Å². The molecule has 0 saturated heterocycles. The van der Waals surface area contributed by atoms with Crippen LogP contribution in [0.2, 0.25) is 0 Å². The molecule has 19 heavy (non-hydrogen) atoms. The Hall–Kier alpha value is -2.48. The molecule has 0 aromatic heterocycles. The Bertz CT molecular complexity index is 530. The first-order chi connectivity index (χ1) is 9.12. The van der Waals surface area contributed by atoms with Crippen LogP contribution in [0.3, 0.4) is 0 Å². The fraction of sp³-hybridized carbons (Fsp3) is 0.286. The van der Waals surface area contributed by atoms with E-state index in [1.54, 1.807) is 24.3 Å². The van der Waals surface area contributed by atoms with Crippen molar-refractivity contribution in [2.24, 2.45) is 5.73 Å². The summed E-state index contributed by atoms with van der Waals surface area (Å²) in [6, 6.07) is 6.92. The number of nitrogens with two attached hydrogens (primary N) is 1. The number of amides is 1. The zero-order valence-electron chi connectivity index (χ0n) is 11.0. The Morgan fingerprint density at radius 3 is 2.47 bits per heavy atom. The number of benzene rings is 1. The van der Waals surface area contributed by atoms with Gasteiger partial charge in [0.1, 0.15) is 11.6 Å². The van der Waals surface area contributed by atoms with E-state index in [1.165, 1.54) is 6.08 Å². The van der Waals surface area contributed by atoms with Gasteiger partial charge in [0.2, 0.25) is 0 Å². The SMILES string of the molecule is CCOc1ccc(/C=C(\C#N)C(N)=O)cc1OCC. The standard InChI is InChI=1S/C14H16N2O3/c1-3-18-12-6-5-10(8-13(12)19-4-2)7-11(9-15)14(16)17/h5-8H,3-4H2,1-2H3,(H2,16,17)/b11-7+. The topological polar surface area (TPSA) is 85.3 Å². The summed E-state index contributed by atoms with van der Waals surface area (Å²) >= 11 is 0. The predicted molar refractivity (Wildman–Crippen MR) is 71.6 cm³/mol. The molecule has 1 aromatic rings. The lowest BCUT2D eigenvalue weighted by Gasteiger charge is -2.11. The minimum Gasteiger partial charge on any atom is -0.490 e. The van der Waals surface area contributed by atoms with Crippen molar-refractivity contribution in [3.05, 3.63) is 29.3 Å². The highest BCUT2D eigenvalue weighted by molar-refractivity contribution is 6.00. The number of nitriles is 1. The van der Waals surface area contributed by atoms with Gasteiger partial charge in [-0.1, -0.05) is 6.07 Å². The summed E-state index contributed by atoms with van der Waals surface area (Å²) in [5.74, 6) is 0.438. The fourth-order valence-corrected chi connectivity index (χ4v) is 1.48. The molecule has 0 bridgehead atoms. The van der Waals surface area contributed by atoms with Crippen molar-refractivity contribution in [2.75, 3.05) is 13.2 Å².